The highest BCUT2D eigenvalue weighted by Gasteiger charge is 2.30. The zero-order chi connectivity index (χ0) is 16.2. The first-order valence-corrected chi connectivity index (χ1v) is 8.99. The molecular weight excluding hydrogens is 296 g/mol. The third-order valence-corrected chi connectivity index (χ3v) is 5.14. The van der Waals surface area contributed by atoms with Gasteiger partial charge >= 0.3 is 0 Å². The van der Waals surface area contributed by atoms with E-state index in [2.05, 4.69) is 0 Å². The summed E-state index contributed by atoms with van der Waals surface area (Å²) in [6.45, 7) is 2.96. The Balaban J connectivity index is 1.42. The number of aliphatic hydroxyl groups is 1. The Morgan fingerprint density at radius 3 is 2.52 bits per heavy atom. The third-order valence-electron chi connectivity index (χ3n) is 5.14. The van der Waals surface area contributed by atoms with Crippen molar-refractivity contribution in [1.82, 2.24) is 9.80 Å². The van der Waals surface area contributed by atoms with E-state index in [1.807, 2.05) is 4.90 Å². The molecule has 1 saturated carbocycles. The molecule has 1 atom stereocenters. The minimum absolute atomic E-state index is 0.00640. The Morgan fingerprint density at radius 2 is 1.83 bits per heavy atom. The molecule has 0 aromatic heterocycles. The minimum atomic E-state index is -0.938. The van der Waals surface area contributed by atoms with Crippen LogP contribution >= 0.6 is 0 Å². The van der Waals surface area contributed by atoms with Gasteiger partial charge in [-0.05, 0) is 50.9 Å². The quantitative estimate of drug-likeness (QED) is 0.811. The largest absolute Gasteiger partial charge is 0.383 e. The van der Waals surface area contributed by atoms with Crippen molar-refractivity contribution in [1.29, 1.82) is 0 Å². The molecule has 0 aromatic carbocycles. The predicted molar refractivity (Wildman–Crippen MR) is 84.7 cm³/mol. The normalized spacial score (nSPS) is 27.2. The lowest BCUT2D eigenvalue weighted by molar-refractivity contribution is -0.146. The van der Waals surface area contributed by atoms with E-state index in [0.29, 0.717) is 26.1 Å². The molecule has 1 N–H and O–H groups in total. The van der Waals surface area contributed by atoms with Crippen LogP contribution in [0, 0.1) is 5.92 Å². The van der Waals surface area contributed by atoms with E-state index in [1.165, 1.54) is 17.7 Å². The van der Waals surface area contributed by atoms with Gasteiger partial charge in [0.15, 0.2) is 0 Å². The van der Waals surface area contributed by atoms with Gasteiger partial charge in [0, 0.05) is 26.2 Å². The molecule has 3 aliphatic rings. The standard InChI is InChI=1S/C17H28N2O4/c20-15-3-1-2-8-19(17(15)22)11-16(21)18-9-6-14(7-10-18)23-12-13-4-5-13/h13-15,20H,1-12H2. The van der Waals surface area contributed by atoms with Crippen molar-refractivity contribution in [3.05, 3.63) is 0 Å². The van der Waals surface area contributed by atoms with Crippen molar-refractivity contribution in [2.45, 2.75) is 57.2 Å². The first-order chi connectivity index (χ1) is 11.1. The average Bonchev–Trinajstić information content (AvgIpc) is 3.39. The Hall–Kier alpha value is -1.14. The van der Waals surface area contributed by atoms with E-state index < -0.39 is 6.10 Å². The van der Waals surface area contributed by atoms with Gasteiger partial charge in [0.25, 0.3) is 5.91 Å². The van der Waals surface area contributed by atoms with E-state index >= 15 is 0 Å². The van der Waals surface area contributed by atoms with Gasteiger partial charge in [0.1, 0.15) is 6.10 Å². The van der Waals surface area contributed by atoms with Gasteiger partial charge < -0.3 is 19.6 Å². The molecule has 0 bridgehead atoms. The lowest BCUT2D eigenvalue weighted by Crippen LogP contribution is -2.48. The SMILES string of the molecule is O=C(CN1CCCCC(O)C1=O)N1CCC(OCC2CC2)CC1. The number of piperidine rings is 1. The van der Waals surface area contributed by atoms with Gasteiger partial charge in [-0.1, -0.05) is 0 Å². The average molecular weight is 324 g/mol. The second-order valence-electron chi connectivity index (χ2n) is 7.13. The Morgan fingerprint density at radius 1 is 1.09 bits per heavy atom. The molecular formula is C17H28N2O4. The maximum atomic E-state index is 12.4. The molecule has 1 unspecified atom stereocenters. The number of likely N-dealkylation sites (tertiary alicyclic amines) is 2. The number of hydrogen-bond acceptors (Lipinski definition) is 4. The van der Waals surface area contributed by atoms with Crippen LogP contribution < -0.4 is 0 Å². The number of nitrogens with zero attached hydrogens (tertiary/aromatic N) is 2. The molecule has 130 valence electrons. The highest BCUT2D eigenvalue weighted by Crippen LogP contribution is 2.30. The van der Waals surface area contributed by atoms with Crippen molar-refractivity contribution >= 4 is 11.8 Å². The smallest absolute Gasteiger partial charge is 0.251 e. The maximum Gasteiger partial charge on any atom is 0.251 e. The van der Waals surface area contributed by atoms with Gasteiger partial charge in [-0.15, -0.1) is 0 Å². The predicted octanol–water partition coefficient (Wildman–Crippen LogP) is 0.777. The van der Waals surface area contributed by atoms with E-state index in [9.17, 15) is 14.7 Å². The molecule has 3 rings (SSSR count). The van der Waals surface area contributed by atoms with E-state index in [1.54, 1.807) is 0 Å². The fourth-order valence-electron chi connectivity index (χ4n) is 3.33. The summed E-state index contributed by atoms with van der Waals surface area (Å²) in [5.74, 6) is 0.474. The fourth-order valence-corrected chi connectivity index (χ4v) is 3.33. The van der Waals surface area contributed by atoms with Crippen LogP contribution in [0.4, 0.5) is 0 Å². The minimum Gasteiger partial charge on any atom is -0.383 e. The highest BCUT2D eigenvalue weighted by atomic mass is 16.5. The summed E-state index contributed by atoms with van der Waals surface area (Å²) >= 11 is 0. The van der Waals surface area contributed by atoms with E-state index in [4.69, 9.17) is 4.74 Å². The first kappa shape index (κ1) is 16.7. The van der Waals surface area contributed by atoms with Gasteiger partial charge in [-0.2, -0.15) is 0 Å². The number of carbonyl (C=O) groups is 2. The first-order valence-electron chi connectivity index (χ1n) is 8.99. The summed E-state index contributed by atoms with van der Waals surface area (Å²) in [6.07, 6.45) is 5.90. The molecule has 1 aliphatic carbocycles. The molecule has 2 amide bonds. The second kappa shape index (κ2) is 7.62. The lowest BCUT2D eigenvalue weighted by Gasteiger charge is -2.33. The summed E-state index contributed by atoms with van der Waals surface area (Å²) in [5.41, 5.74) is 0. The van der Waals surface area contributed by atoms with Crippen molar-refractivity contribution < 1.29 is 19.4 Å². The van der Waals surface area contributed by atoms with Crippen LogP contribution in [0.3, 0.4) is 0 Å². The Kier molecular flexibility index (Phi) is 5.54. The van der Waals surface area contributed by atoms with Crippen molar-refractivity contribution in [2.75, 3.05) is 32.8 Å². The summed E-state index contributed by atoms with van der Waals surface area (Å²) in [7, 11) is 0. The Bertz CT molecular complexity index is 430. The highest BCUT2D eigenvalue weighted by molar-refractivity contribution is 5.87. The van der Waals surface area contributed by atoms with Crippen LogP contribution in [-0.4, -0.2) is 71.7 Å². The van der Waals surface area contributed by atoms with Crippen LogP contribution in [0.2, 0.25) is 0 Å². The number of rotatable bonds is 5. The molecule has 0 radical (unpaired) electrons. The zero-order valence-corrected chi connectivity index (χ0v) is 13.8. The van der Waals surface area contributed by atoms with Gasteiger partial charge in [-0.3, -0.25) is 9.59 Å². The zero-order valence-electron chi connectivity index (χ0n) is 13.8. The second-order valence-corrected chi connectivity index (χ2v) is 7.13. The molecule has 23 heavy (non-hydrogen) atoms. The molecule has 0 aromatic rings. The fraction of sp³-hybridized carbons (Fsp3) is 0.882. The summed E-state index contributed by atoms with van der Waals surface area (Å²) < 4.78 is 5.90. The third kappa shape index (κ3) is 4.67. The molecule has 0 spiro atoms. The number of hydrogen-bond donors (Lipinski definition) is 1. The maximum absolute atomic E-state index is 12.4. The van der Waals surface area contributed by atoms with E-state index in [0.717, 1.165) is 38.2 Å². The van der Waals surface area contributed by atoms with E-state index in [-0.39, 0.29) is 24.5 Å². The van der Waals surface area contributed by atoms with Gasteiger partial charge in [0.2, 0.25) is 5.91 Å². The van der Waals surface area contributed by atoms with Crippen LogP contribution in [-0.2, 0) is 14.3 Å². The topological polar surface area (TPSA) is 70.1 Å². The van der Waals surface area contributed by atoms with Crippen molar-refractivity contribution in [2.24, 2.45) is 5.92 Å². The van der Waals surface area contributed by atoms with Gasteiger partial charge in [0.05, 0.1) is 12.6 Å². The molecule has 2 aliphatic heterocycles. The molecule has 2 saturated heterocycles. The van der Waals surface area contributed by atoms with Crippen LogP contribution in [0.25, 0.3) is 0 Å². The van der Waals surface area contributed by atoms with Crippen LogP contribution in [0.5, 0.6) is 0 Å². The van der Waals surface area contributed by atoms with Crippen molar-refractivity contribution in [3.63, 3.8) is 0 Å². The number of ether oxygens (including phenoxy) is 1. The molecule has 6 heteroatoms. The molecule has 3 fully saturated rings. The molecule has 2 heterocycles. The number of amides is 2. The summed E-state index contributed by atoms with van der Waals surface area (Å²) in [4.78, 5) is 27.8. The number of carbonyl (C=O) groups excluding carboxylic acids is 2. The molecule has 6 nitrogen and oxygen atoms in total. The lowest BCUT2D eigenvalue weighted by atomic mass is 10.1. The van der Waals surface area contributed by atoms with Gasteiger partial charge in [-0.25, -0.2) is 0 Å². The van der Waals surface area contributed by atoms with Crippen molar-refractivity contribution in [3.8, 4) is 0 Å². The van der Waals surface area contributed by atoms with Crippen LogP contribution in [0.1, 0.15) is 44.9 Å². The summed E-state index contributed by atoms with van der Waals surface area (Å²) in [6, 6.07) is 0. The van der Waals surface area contributed by atoms with Crippen LogP contribution in [0.15, 0.2) is 0 Å². The number of aliphatic hydroxyl groups excluding tert-OH is 1. The Labute approximate surface area is 137 Å². The summed E-state index contributed by atoms with van der Waals surface area (Å²) in [5, 5.41) is 9.76. The monoisotopic (exact) mass is 324 g/mol.